The quantitative estimate of drug-likeness (QED) is 0.683. The lowest BCUT2D eigenvalue weighted by molar-refractivity contribution is -0.384. The molecular weight excluding hydrogens is 266 g/mol. The number of nitro groups is 1. The van der Waals surface area contributed by atoms with Crippen LogP contribution in [0.1, 0.15) is 18.9 Å². The van der Waals surface area contributed by atoms with Gasteiger partial charge in [-0.05, 0) is 24.0 Å². The Balaban J connectivity index is 2.08. The van der Waals surface area contributed by atoms with Crippen molar-refractivity contribution in [2.24, 2.45) is 11.7 Å². The van der Waals surface area contributed by atoms with Crippen molar-refractivity contribution < 1.29 is 4.92 Å². The van der Waals surface area contributed by atoms with E-state index in [0.717, 1.165) is 25.1 Å². The topological polar surface area (TPSA) is 72.4 Å². The normalized spacial score (nSPS) is 24.4. The second kappa shape index (κ2) is 5.86. The van der Waals surface area contributed by atoms with Crippen molar-refractivity contribution >= 4 is 17.3 Å². The molecule has 2 N–H and O–H groups in total. The van der Waals surface area contributed by atoms with Gasteiger partial charge >= 0.3 is 0 Å². The standard InChI is InChI=1S/C13H18ClN3O2/c1-9-4-11(15)8-16(6-9)7-10-2-3-12(17(18)19)5-13(10)14/h2-3,5,9,11H,4,6-8,15H2,1H3. The zero-order valence-electron chi connectivity index (χ0n) is 10.9. The summed E-state index contributed by atoms with van der Waals surface area (Å²) in [6, 6.07) is 4.82. The van der Waals surface area contributed by atoms with Crippen molar-refractivity contribution in [1.82, 2.24) is 4.90 Å². The number of nitro benzene ring substituents is 1. The number of benzene rings is 1. The number of rotatable bonds is 3. The predicted molar refractivity (Wildman–Crippen MR) is 75.1 cm³/mol. The number of hydrogen-bond donors (Lipinski definition) is 1. The molecule has 5 nitrogen and oxygen atoms in total. The SMILES string of the molecule is CC1CC(N)CN(Cc2ccc([N+](=O)[O-])cc2Cl)C1. The molecule has 1 heterocycles. The average molecular weight is 284 g/mol. The summed E-state index contributed by atoms with van der Waals surface area (Å²) in [6.07, 6.45) is 1.05. The first-order chi connectivity index (χ1) is 8.95. The number of non-ortho nitro benzene ring substituents is 1. The van der Waals surface area contributed by atoms with E-state index in [0.29, 0.717) is 17.5 Å². The zero-order valence-corrected chi connectivity index (χ0v) is 11.6. The highest BCUT2D eigenvalue weighted by molar-refractivity contribution is 6.31. The van der Waals surface area contributed by atoms with E-state index in [1.165, 1.54) is 12.1 Å². The summed E-state index contributed by atoms with van der Waals surface area (Å²) >= 11 is 6.10. The average Bonchev–Trinajstić information content (AvgIpc) is 2.30. The molecule has 0 amide bonds. The summed E-state index contributed by atoms with van der Waals surface area (Å²) in [4.78, 5) is 12.5. The van der Waals surface area contributed by atoms with Crippen LogP contribution in [0.2, 0.25) is 5.02 Å². The number of hydrogen-bond acceptors (Lipinski definition) is 4. The van der Waals surface area contributed by atoms with Crippen molar-refractivity contribution in [1.29, 1.82) is 0 Å². The van der Waals surface area contributed by atoms with E-state index in [9.17, 15) is 10.1 Å². The molecule has 0 spiro atoms. The first-order valence-electron chi connectivity index (χ1n) is 6.36. The molecule has 1 aliphatic rings. The van der Waals surface area contributed by atoms with E-state index >= 15 is 0 Å². The summed E-state index contributed by atoms with van der Waals surface area (Å²) in [6.45, 7) is 4.71. The van der Waals surface area contributed by atoms with Crippen LogP contribution in [0.4, 0.5) is 5.69 Å². The van der Waals surface area contributed by atoms with E-state index in [-0.39, 0.29) is 11.7 Å². The Hall–Kier alpha value is -1.17. The molecule has 2 rings (SSSR count). The first kappa shape index (κ1) is 14.2. The number of likely N-dealkylation sites (tertiary alicyclic amines) is 1. The van der Waals surface area contributed by atoms with Gasteiger partial charge in [-0.2, -0.15) is 0 Å². The van der Waals surface area contributed by atoms with Gasteiger partial charge < -0.3 is 5.73 Å². The monoisotopic (exact) mass is 283 g/mol. The van der Waals surface area contributed by atoms with Crippen molar-refractivity contribution in [3.05, 3.63) is 38.9 Å². The van der Waals surface area contributed by atoms with E-state index in [2.05, 4.69) is 11.8 Å². The van der Waals surface area contributed by atoms with E-state index in [1.54, 1.807) is 6.07 Å². The van der Waals surface area contributed by atoms with Crippen molar-refractivity contribution in [2.75, 3.05) is 13.1 Å². The van der Waals surface area contributed by atoms with Gasteiger partial charge in [-0.25, -0.2) is 0 Å². The molecule has 19 heavy (non-hydrogen) atoms. The van der Waals surface area contributed by atoms with Gasteiger partial charge in [-0.3, -0.25) is 15.0 Å². The van der Waals surface area contributed by atoms with Crippen LogP contribution in [-0.4, -0.2) is 29.0 Å². The molecule has 1 aromatic rings. The second-order valence-corrected chi connectivity index (χ2v) is 5.74. The fraction of sp³-hybridized carbons (Fsp3) is 0.538. The Morgan fingerprint density at radius 3 is 2.84 bits per heavy atom. The molecule has 2 unspecified atom stereocenters. The van der Waals surface area contributed by atoms with Gasteiger partial charge in [0.1, 0.15) is 0 Å². The Labute approximate surface area is 117 Å². The van der Waals surface area contributed by atoms with E-state index in [1.807, 2.05) is 0 Å². The third kappa shape index (κ3) is 3.65. The highest BCUT2D eigenvalue weighted by atomic mass is 35.5. The highest BCUT2D eigenvalue weighted by Gasteiger charge is 2.22. The van der Waals surface area contributed by atoms with Crippen LogP contribution in [0.25, 0.3) is 0 Å². The summed E-state index contributed by atoms with van der Waals surface area (Å²) in [7, 11) is 0. The number of piperidine rings is 1. The van der Waals surface area contributed by atoms with Crippen molar-refractivity contribution in [2.45, 2.75) is 25.9 Å². The molecule has 0 aromatic heterocycles. The Morgan fingerprint density at radius 1 is 1.53 bits per heavy atom. The molecule has 0 saturated carbocycles. The van der Waals surface area contributed by atoms with E-state index in [4.69, 9.17) is 17.3 Å². The van der Waals surface area contributed by atoms with Crippen LogP contribution in [0.15, 0.2) is 18.2 Å². The van der Waals surface area contributed by atoms with Crippen LogP contribution in [0.3, 0.4) is 0 Å². The van der Waals surface area contributed by atoms with Crippen LogP contribution < -0.4 is 5.73 Å². The molecule has 1 aliphatic heterocycles. The molecule has 1 fully saturated rings. The van der Waals surface area contributed by atoms with Crippen LogP contribution >= 0.6 is 11.6 Å². The summed E-state index contributed by atoms with van der Waals surface area (Å²) < 4.78 is 0. The molecule has 104 valence electrons. The number of nitrogens with zero attached hydrogens (tertiary/aromatic N) is 2. The van der Waals surface area contributed by atoms with Gasteiger partial charge in [-0.15, -0.1) is 0 Å². The van der Waals surface area contributed by atoms with Gasteiger partial charge in [0.15, 0.2) is 0 Å². The maximum atomic E-state index is 10.7. The lowest BCUT2D eigenvalue weighted by Crippen LogP contribution is -2.45. The zero-order chi connectivity index (χ0) is 14.0. The van der Waals surface area contributed by atoms with Gasteiger partial charge in [-0.1, -0.05) is 18.5 Å². The maximum absolute atomic E-state index is 10.7. The van der Waals surface area contributed by atoms with Gasteiger partial charge in [0.05, 0.1) is 9.95 Å². The second-order valence-electron chi connectivity index (χ2n) is 5.33. The Kier molecular flexibility index (Phi) is 4.39. The van der Waals surface area contributed by atoms with Gasteiger partial charge in [0, 0.05) is 37.8 Å². The smallest absolute Gasteiger partial charge is 0.270 e. The van der Waals surface area contributed by atoms with Crippen LogP contribution in [-0.2, 0) is 6.54 Å². The largest absolute Gasteiger partial charge is 0.327 e. The molecule has 6 heteroatoms. The van der Waals surface area contributed by atoms with Crippen LogP contribution in [0, 0.1) is 16.0 Å². The summed E-state index contributed by atoms with van der Waals surface area (Å²) in [5.74, 6) is 0.570. The van der Waals surface area contributed by atoms with Crippen molar-refractivity contribution in [3.63, 3.8) is 0 Å². The lowest BCUT2D eigenvalue weighted by Gasteiger charge is -2.34. The molecule has 1 saturated heterocycles. The predicted octanol–water partition coefficient (Wildman–Crippen LogP) is 2.42. The highest BCUT2D eigenvalue weighted by Crippen LogP contribution is 2.25. The molecule has 2 atom stereocenters. The van der Waals surface area contributed by atoms with Crippen molar-refractivity contribution in [3.8, 4) is 0 Å². The minimum atomic E-state index is -0.436. The Morgan fingerprint density at radius 2 is 2.26 bits per heavy atom. The van der Waals surface area contributed by atoms with Gasteiger partial charge in [0.2, 0.25) is 0 Å². The van der Waals surface area contributed by atoms with Gasteiger partial charge in [0.25, 0.3) is 5.69 Å². The molecule has 0 radical (unpaired) electrons. The van der Waals surface area contributed by atoms with E-state index < -0.39 is 4.92 Å². The Bertz CT molecular complexity index is 471. The minimum Gasteiger partial charge on any atom is -0.327 e. The molecular formula is C13H18ClN3O2. The van der Waals surface area contributed by atoms with Crippen LogP contribution in [0.5, 0.6) is 0 Å². The summed E-state index contributed by atoms with van der Waals surface area (Å²) in [5, 5.41) is 11.1. The summed E-state index contributed by atoms with van der Waals surface area (Å²) in [5.41, 5.74) is 6.94. The fourth-order valence-electron chi connectivity index (χ4n) is 2.66. The maximum Gasteiger partial charge on any atom is 0.270 e. The number of halogens is 1. The molecule has 0 bridgehead atoms. The third-order valence-corrected chi connectivity index (χ3v) is 3.76. The lowest BCUT2D eigenvalue weighted by atomic mass is 9.96. The molecule has 1 aromatic carbocycles. The molecule has 0 aliphatic carbocycles. The number of nitrogens with two attached hydrogens (primary N) is 1. The third-order valence-electron chi connectivity index (χ3n) is 3.41. The minimum absolute atomic E-state index is 0.0254. The first-order valence-corrected chi connectivity index (χ1v) is 6.74. The fourth-order valence-corrected chi connectivity index (χ4v) is 2.90.